The highest BCUT2D eigenvalue weighted by atomic mass is 16.6. The molecule has 2 aromatic carbocycles. The Morgan fingerprint density at radius 3 is 1.26 bits per heavy atom. The zero-order valence-electron chi connectivity index (χ0n) is 74.5. The average molecular weight is 1670 g/mol. The van der Waals surface area contributed by atoms with Crippen LogP contribution >= 0.6 is 0 Å². The minimum absolute atomic E-state index is 0.0498. The second-order valence-electron chi connectivity index (χ2n) is 34.3. The van der Waals surface area contributed by atoms with Crippen molar-refractivity contribution < 1.29 is 61.6 Å². The summed E-state index contributed by atoms with van der Waals surface area (Å²) in [5, 5.41) is 6.79. The van der Waals surface area contributed by atoms with Crippen molar-refractivity contribution in [2.75, 3.05) is 76.7 Å². The van der Waals surface area contributed by atoms with E-state index in [1.54, 1.807) is 53.4 Å². The Morgan fingerprint density at radius 1 is 0.471 bits per heavy atom. The van der Waals surface area contributed by atoms with Crippen molar-refractivity contribution in [1.82, 2.24) is 58.6 Å². The number of nitrogens with one attached hydrogen (secondary N) is 2. The first-order valence-electron chi connectivity index (χ1n) is 43.4. The molecule has 0 aliphatic heterocycles. The van der Waals surface area contributed by atoms with Gasteiger partial charge >= 0.3 is 36.2 Å². The Hall–Kier alpha value is -11.0. The number of amides is 3. The van der Waals surface area contributed by atoms with Gasteiger partial charge in [0.1, 0.15) is 42.2 Å². The van der Waals surface area contributed by atoms with Gasteiger partial charge in [0.05, 0.1) is 64.7 Å². The van der Waals surface area contributed by atoms with Gasteiger partial charge in [0, 0.05) is 26.7 Å². The third kappa shape index (κ3) is 28.6. The van der Waals surface area contributed by atoms with Gasteiger partial charge in [-0.3, -0.25) is 14.4 Å². The fourth-order valence-electron chi connectivity index (χ4n) is 14.2. The number of furan rings is 1. The van der Waals surface area contributed by atoms with E-state index in [1.807, 2.05) is 86.4 Å². The van der Waals surface area contributed by atoms with Crippen molar-refractivity contribution in [3.8, 4) is 0 Å². The molecular formula is C90H130N18O13. The molecule has 0 saturated heterocycles. The van der Waals surface area contributed by atoms with E-state index in [0.29, 0.717) is 94.9 Å². The topological polar surface area (TPSA) is 339 Å². The van der Waals surface area contributed by atoms with Crippen LogP contribution < -0.4 is 30.2 Å². The number of anilines is 6. The molecule has 2 aliphatic rings. The Morgan fingerprint density at radius 2 is 0.868 bits per heavy atom. The largest absolute Gasteiger partial charge is 0.467 e. The number of nitrogens with zero attached hydrogens (tertiary/aromatic N) is 16. The van der Waals surface area contributed by atoms with Crippen LogP contribution in [0.2, 0.25) is 0 Å². The maximum absolute atomic E-state index is 13.7. The fraction of sp³-hybridized carbons (Fsp3) is 0.589. The van der Waals surface area contributed by atoms with Gasteiger partial charge in [-0.2, -0.15) is 29.9 Å². The lowest BCUT2D eigenvalue weighted by Crippen LogP contribution is -2.39. The van der Waals surface area contributed by atoms with Crippen molar-refractivity contribution in [3.05, 3.63) is 114 Å². The molecular weight excluding hydrogens is 1540 g/mol. The van der Waals surface area contributed by atoms with Crippen molar-refractivity contribution >= 4 is 105 Å². The van der Waals surface area contributed by atoms with E-state index < -0.39 is 53.0 Å². The van der Waals surface area contributed by atoms with Crippen LogP contribution in [0.3, 0.4) is 0 Å². The maximum Gasteiger partial charge on any atom is 0.417 e. The van der Waals surface area contributed by atoms with Crippen LogP contribution in [0.15, 0.2) is 90.3 Å². The van der Waals surface area contributed by atoms with Crippen LogP contribution in [0.25, 0.3) is 33.5 Å². The third-order valence-corrected chi connectivity index (χ3v) is 20.2. The summed E-state index contributed by atoms with van der Waals surface area (Å²) in [6.07, 6.45) is 25.3. The summed E-state index contributed by atoms with van der Waals surface area (Å²) in [5.74, 6) is 3.28. The number of unbranched alkanes of at least 4 members (excludes halogenated alkanes) is 5. The molecule has 7 heterocycles. The lowest BCUT2D eigenvalue weighted by Gasteiger charge is -2.27. The average Bonchev–Trinajstić information content (AvgIpc) is 1.70. The molecule has 31 nitrogen and oxygen atoms in total. The lowest BCUT2D eigenvalue weighted by atomic mass is 9.84. The smallest absolute Gasteiger partial charge is 0.417 e. The van der Waals surface area contributed by atoms with Gasteiger partial charge in [-0.15, -0.1) is 0 Å². The minimum atomic E-state index is -0.714. The van der Waals surface area contributed by atoms with E-state index >= 15 is 0 Å². The van der Waals surface area contributed by atoms with Gasteiger partial charge in [-0.05, 0) is 180 Å². The molecule has 9 aromatic rings. The minimum Gasteiger partial charge on any atom is -0.467 e. The number of hydrogen-bond acceptors (Lipinski definition) is 25. The summed E-state index contributed by atoms with van der Waals surface area (Å²) in [6.45, 7) is 33.6. The number of fused-ring (bicyclic) bond motifs is 3. The van der Waals surface area contributed by atoms with Gasteiger partial charge in [-0.25, -0.2) is 44.0 Å². The number of benzene rings is 2. The molecule has 121 heavy (non-hydrogen) atoms. The van der Waals surface area contributed by atoms with Gasteiger partial charge in [0.15, 0.2) is 50.9 Å². The Balaban J connectivity index is 0.000000207. The fourth-order valence-corrected chi connectivity index (χ4v) is 14.2. The predicted octanol–water partition coefficient (Wildman–Crippen LogP) is 18.8. The molecule has 2 saturated carbocycles. The Bertz CT molecular complexity index is 4780. The predicted molar refractivity (Wildman–Crippen MR) is 470 cm³/mol. The number of aromatic nitrogens is 12. The number of imidazole rings is 3. The summed E-state index contributed by atoms with van der Waals surface area (Å²) >= 11 is 0. The molecule has 31 heteroatoms. The number of esters is 3. The van der Waals surface area contributed by atoms with Gasteiger partial charge in [0.25, 0.3) is 0 Å². The molecule has 0 unspecified atom stereocenters. The van der Waals surface area contributed by atoms with E-state index in [0.717, 1.165) is 68.3 Å². The van der Waals surface area contributed by atoms with Crippen LogP contribution in [-0.4, -0.2) is 158 Å². The zero-order chi connectivity index (χ0) is 87.4. The van der Waals surface area contributed by atoms with Crippen molar-refractivity contribution in [1.29, 1.82) is 0 Å². The molecule has 3 amide bonds. The highest BCUT2D eigenvalue weighted by molar-refractivity contribution is 5.93. The van der Waals surface area contributed by atoms with Gasteiger partial charge in [-0.1, -0.05) is 147 Å². The molecule has 658 valence electrons. The van der Waals surface area contributed by atoms with Crippen LogP contribution in [0.5, 0.6) is 0 Å². The summed E-state index contributed by atoms with van der Waals surface area (Å²) in [4.78, 5) is 126. The van der Waals surface area contributed by atoms with Crippen molar-refractivity contribution in [2.24, 2.45) is 5.92 Å². The van der Waals surface area contributed by atoms with Crippen LogP contribution in [0.1, 0.15) is 266 Å². The number of carbonyl (C=O) groups excluding carboxylic acids is 6. The third-order valence-electron chi connectivity index (χ3n) is 20.2. The summed E-state index contributed by atoms with van der Waals surface area (Å²) in [7, 11) is 1.85. The van der Waals surface area contributed by atoms with E-state index in [-0.39, 0.29) is 70.4 Å². The second kappa shape index (κ2) is 45.0. The van der Waals surface area contributed by atoms with E-state index in [1.165, 1.54) is 96.4 Å². The monoisotopic (exact) mass is 1670 g/mol. The van der Waals surface area contributed by atoms with E-state index in [2.05, 4.69) is 107 Å². The number of carbonyl (C=O) groups is 6. The van der Waals surface area contributed by atoms with Crippen molar-refractivity contribution in [3.63, 3.8) is 0 Å². The molecule has 0 bridgehead atoms. The molecule has 0 radical (unpaired) electrons. The summed E-state index contributed by atoms with van der Waals surface area (Å²) < 4.78 is 43.1. The molecule has 0 spiro atoms. The maximum atomic E-state index is 13.7. The first kappa shape index (κ1) is 93.9. The highest BCUT2D eigenvalue weighted by Gasteiger charge is 2.33. The van der Waals surface area contributed by atoms with E-state index in [4.69, 9.17) is 57.8 Å². The normalized spacial score (nSPS) is 13.4. The molecule has 2 fully saturated rings. The molecule has 11 rings (SSSR count). The number of ether oxygens (including phenoxy) is 6. The van der Waals surface area contributed by atoms with Gasteiger partial charge < -0.3 is 62.1 Å². The zero-order valence-corrected chi connectivity index (χ0v) is 74.5. The number of hydrogen-bond donors (Lipinski definition) is 2. The standard InChI is InChI=1S/C33H48N6O4.C32H46N6O4.C25H36N6O5/c1-6-8-9-13-20-34-29-28-30(38(23-35-28)22-27(40)42-7-2)37-31(36-29)39(32(41)43-33(3,4)5)21-24-16-18-26(19-17-24)25-14-11-10-12-15-25;1-7-41-26(39)20-37-21-34-27-28(33-18-17-22(2)3)35-30(36-29(27)37)38(31(40)42-32(4,5)6)19-23-13-15-25(16-14-23)24-11-9-8-10-12-24;1-7-9-10-13-31(24(33)36-25(3,4)5)23-27-21(29(6)15-18-12-11-14-35-18)20-22(28-23)30(17-26-20)16-19(32)34-8-2/h16-19,23,25H,6-15,20-22H2,1-5H3,(H,34,36,37);13-16,21-22,24H,7-12,17-20H2,1-6H3,(H,33,35,36);11-12,14,17H,7-10,13,15-16H2,1-6H3. The van der Waals surface area contributed by atoms with Crippen LogP contribution in [0.4, 0.5) is 49.7 Å². The first-order chi connectivity index (χ1) is 57.8. The molecule has 0 atom stereocenters. The summed E-state index contributed by atoms with van der Waals surface area (Å²) in [6, 6.07) is 20.7. The quantitative estimate of drug-likeness (QED) is 0.0212. The first-order valence-corrected chi connectivity index (χ1v) is 43.4. The lowest BCUT2D eigenvalue weighted by molar-refractivity contribution is -0.144. The van der Waals surface area contributed by atoms with Gasteiger partial charge in [0.2, 0.25) is 17.8 Å². The summed E-state index contributed by atoms with van der Waals surface area (Å²) in [5.41, 5.74) is 5.31. The van der Waals surface area contributed by atoms with Crippen molar-refractivity contribution in [2.45, 2.75) is 294 Å². The Kier molecular flexibility index (Phi) is 34.9. The SMILES string of the molecule is CCCCCCNc1nc(N(Cc2ccc(C3CCCCC3)cc2)C(=O)OC(C)(C)C)nc2c1ncn2CC(=O)OCC.CCCCCN(C(=O)OC(C)(C)C)c1nc(N(C)Cc2ccco2)c2ncn(CC(=O)OCC)c2n1.CCOC(=O)Cn1cnc2c(NCCC(C)C)nc(N(Cc3ccc(C4CCCCC4)cc3)C(=O)OC(C)(C)C)nc21. The second-order valence-corrected chi connectivity index (χ2v) is 34.3. The van der Waals surface area contributed by atoms with Crippen LogP contribution in [0, 0.1) is 5.92 Å². The van der Waals surface area contributed by atoms with E-state index in [9.17, 15) is 28.8 Å². The number of rotatable bonds is 35. The Labute approximate surface area is 712 Å². The highest BCUT2D eigenvalue weighted by Crippen LogP contribution is 2.37. The van der Waals surface area contributed by atoms with Crippen LogP contribution in [-0.2, 0) is 82.1 Å². The molecule has 2 aliphatic carbocycles. The molecule has 7 aromatic heterocycles. The molecule has 2 N–H and O–H groups in total.